The molecule has 0 aromatic carbocycles. The molecule has 2 aliphatic heterocycles. The molecule has 1 atom stereocenters. The predicted octanol–water partition coefficient (Wildman–Crippen LogP) is 3.42. The number of nitrogens with one attached hydrogen (secondary N) is 1. The van der Waals surface area contributed by atoms with Crippen molar-refractivity contribution in [1.82, 2.24) is 24.6 Å². The molecular formula is C20H19F6N7O2. The molecule has 0 unspecified atom stereocenters. The fourth-order valence-electron chi connectivity index (χ4n) is 3.89. The molecule has 2 aliphatic rings. The number of halogens is 6. The molecule has 2 saturated heterocycles. The van der Waals surface area contributed by atoms with Crippen LogP contribution in [0.25, 0.3) is 5.65 Å². The van der Waals surface area contributed by atoms with Crippen LogP contribution in [0.1, 0.15) is 24.0 Å². The van der Waals surface area contributed by atoms with Crippen molar-refractivity contribution in [2.24, 2.45) is 0 Å². The smallest absolute Gasteiger partial charge is 0.423 e. The van der Waals surface area contributed by atoms with E-state index in [-0.39, 0.29) is 30.9 Å². The summed E-state index contributed by atoms with van der Waals surface area (Å²) in [5, 5.41) is 10.9. The summed E-state index contributed by atoms with van der Waals surface area (Å²) in [7, 11) is 0. The number of pyridine rings is 1. The van der Waals surface area contributed by atoms with Gasteiger partial charge in [-0.05, 0) is 25.0 Å². The third kappa shape index (κ3) is 4.90. The lowest BCUT2D eigenvalue weighted by Gasteiger charge is -2.33. The predicted molar refractivity (Wildman–Crippen MR) is 109 cm³/mol. The first-order valence-corrected chi connectivity index (χ1v) is 10.7. The Morgan fingerprint density at radius 3 is 2.57 bits per heavy atom. The maximum absolute atomic E-state index is 13.3. The van der Waals surface area contributed by atoms with Crippen molar-refractivity contribution < 1.29 is 35.8 Å². The Balaban J connectivity index is 1.33. The van der Waals surface area contributed by atoms with Crippen molar-refractivity contribution in [2.75, 3.05) is 36.5 Å². The molecular weight excluding hydrogens is 484 g/mol. The molecule has 0 radical (unpaired) electrons. The molecule has 5 heterocycles. The van der Waals surface area contributed by atoms with E-state index in [4.69, 9.17) is 9.47 Å². The van der Waals surface area contributed by atoms with Crippen molar-refractivity contribution in [3.05, 3.63) is 35.7 Å². The van der Waals surface area contributed by atoms with Gasteiger partial charge in [-0.25, -0.2) is 4.98 Å². The highest BCUT2D eigenvalue weighted by Gasteiger charge is 2.38. The van der Waals surface area contributed by atoms with Crippen LogP contribution in [0.5, 0.6) is 5.88 Å². The van der Waals surface area contributed by atoms with Crippen LogP contribution in [0, 0.1) is 0 Å². The first-order chi connectivity index (χ1) is 16.6. The number of nitrogens with zero attached hydrogens (tertiary/aromatic N) is 6. The molecule has 1 N–H and O–H groups in total. The first kappa shape index (κ1) is 23.4. The Morgan fingerprint density at radius 2 is 1.89 bits per heavy atom. The van der Waals surface area contributed by atoms with Gasteiger partial charge in [0.25, 0.3) is 0 Å². The summed E-state index contributed by atoms with van der Waals surface area (Å²) in [5.41, 5.74) is -1.85. The van der Waals surface area contributed by atoms with E-state index in [2.05, 4.69) is 25.5 Å². The zero-order valence-electron chi connectivity index (χ0n) is 18.0. The molecule has 0 aliphatic carbocycles. The number of ether oxygens (including phenoxy) is 2. The largest absolute Gasteiger partial charge is 0.469 e. The lowest BCUT2D eigenvalue weighted by Crippen LogP contribution is -2.43. The summed E-state index contributed by atoms with van der Waals surface area (Å²) < 4.78 is 90.7. The zero-order chi connectivity index (χ0) is 24.8. The number of fused-ring (bicyclic) bond motifs is 1. The molecule has 15 heteroatoms. The van der Waals surface area contributed by atoms with Crippen LogP contribution in [0.2, 0.25) is 0 Å². The van der Waals surface area contributed by atoms with Gasteiger partial charge in [0.15, 0.2) is 5.65 Å². The van der Waals surface area contributed by atoms with Crippen molar-refractivity contribution in [2.45, 2.75) is 37.3 Å². The molecule has 188 valence electrons. The van der Waals surface area contributed by atoms with Crippen molar-refractivity contribution in [3.8, 4) is 5.88 Å². The van der Waals surface area contributed by atoms with Gasteiger partial charge in [-0.1, -0.05) is 0 Å². The number of aromatic nitrogens is 5. The highest BCUT2D eigenvalue weighted by Crippen LogP contribution is 2.36. The summed E-state index contributed by atoms with van der Waals surface area (Å²) in [4.78, 5) is 9.59. The molecule has 0 bridgehead atoms. The molecule has 35 heavy (non-hydrogen) atoms. The lowest BCUT2D eigenvalue weighted by atomic mass is 10.1. The Morgan fingerprint density at radius 1 is 1.09 bits per heavy atom. The minimum Gasteiger partial charge on any atom is -0.469 e. The molecule has 5 rings (SSSR count). The topological polar surface area (TPSA) is 89.7 Å². The molecule has 0 spiro atoms. The number of hydrogen-bond acceptors (Lipinski definition) is 8. The molecule has 0 saturated carbocycles. The van der Waals surface area contributed by atoms with Crippen molar-refractivity contribution >= 4 is 17.5 Å². The van der Waals surface area contributed by atoms with Crippen LogP contribution in [-0.4, -0.2) is 63.0 Å². The van der Waals surface area contributed by atoms with E-state index in [1.54, 1.807) is 0 Å². The van der Waals surface area contributed by atoms with Gasteiger partial charge in [-0.2, -0.15) is 31.3 Å². The van der Waals surface area contributed by atoms with E-state index in [1.165, 1.54) is 10.6 Å². The number of anilines is 2. The lowest BCUT2D eigenvalue weighted by molar-refractivity contribution is -0.142. The fourth-order valence-corrected chi connectivity index (χ4v) is 3.89. The van der Waals surface area contributed by atoms with E-state index in [9.17, 15) is 26.3 Å². The molecule has 2 fully saturated rings. The summed E-state index contributed by atoms with van der Waals surface area (Å²) >= 11 is 0. The highest BCUT2D eigenvalue weighted by atomic mass is 19.4. The Kier molecular flexibility index (Phi) is 5.81. The van der Waals surface area contributed by atoms with Crippen LogP contribution in [0.4, 0.5) is 38.2 Å². The third-order valence-electron chi connectivity index (χ3n) is 5.70. The Hall–Kier alpha value is -3.36. The van der Waals surface area contributed by atoms with Gasteiger partial charge in [0.1, 0.15) is 11.7 Å². The number of alkyl halides is 6. The monoisotopic (exact) mass is 503 g/mol. The first-order valence-electron chi connectivity index (χ1n) is 10.7. The van der Waals surface area contributed by atoms with E-state index in [0.717, 1.165) is 12.1 Å². The van der Waals surface area contributed by atoms with Crippen LogP contribution in [-0.2, 0) is 17.1 Å². The zero-order valence-corrected chi connectivity index (χ0v) is 18.0. The average Bonchev–Trinajstić information content (AvgIpc) is 3.19. The van der Waals surface area contributed by atoms with E-state index in [1.807, 2.05) is 4.90 Å². The van der Waals surface area contributed by atoms with Crippen molar-refractivity contribution in [3.63, 3.8) is 0 Å². The molecule has 9 nitrogen and oxygen atoms in total. The summed E-state index contributed by atoms with van der Waals surface area (Å²) in [5.74, 6) is -0.233. The van der Waals surface area contributed by atoms with E-state index >= 15 is 0 Å². The van der Waals surface area contributed by atoms with E-state index < -0.39 is 35.5 Å². The third-order valence-corrected chi connectivity index (χ3v) is 5.70. The molecule has 0 amide bonds. The second-order valence-electron chi connectivity index (χ2n) is 8.26. The minimum atomic E-state index is -4.68. The maximum atomic E-state index is 13.3. The van der Waals surface area contributed by atoms with Gasteiger partial charge < -0.3 is 19.7 Å². The van der Waals surface area contributed by atoms with Gasteiger partial charge in [-0.15, -0.1) is 10.2 Å². The standard InChI is InChI=1S/C20H19F6N7O2/c21-19(22,23)11-3-5-33-15(6-11)30-31-18(33)32-4-1-2-12(8-32)28-17-27-7-14(20(24,25)26)16(29-17)35-13-9-34-10-13/h3,5-7,12-13H,1-2,4,8-10H2,(H,27,28,29)/t12-/m1/s1. The van der Waals surface area contributed by atoms with Gasteiger partial charge in [-0.3, -0.25) is 4.40 Å². The second-order valence-corrected chi connectivity index (χ2v) is 8.26. The SMILES string of the molecule is FC(F)(F)c1ccn2c(N3CCC[C@@H](Nc4ncc(C(F)(F)F)c(OC5COC5)n4)C3)nnc2c1. The fraction of sp³-hybridized carbons (Fsp3) is 0.500. The summed E-state index contributed by atoms with van der Waals surface area (Å²) in [6.07, 6.45) is -6.39. The maximum Gasteiger partial charge on any atom is 0.423 e. The molecule has 3 aromatic heterocycles. The number of hydrogen-bond donors (Lipinski definition) is 1. The number of piperidine rings is 1. The van der Waals surface area contributed by atoms with Gasteiger partial charge in [0.05, 0.1) is 18.8 Å². The van der Waals surface area contributed by atoms with Crippen LogP contribution in [0.15, 0.2) is 24.5 Å². The second kappa shape index (κ2) is 8.70. The molecule has 3 aromatic rings. The number of rotatable bonds is 5. The van der Waals surface area contributed by atoms with Gasteiger partial charge >= 0.3 is 12.4 Å². The quantitative estimate of drug-likeness (QED) is 0.530. The Labute approximate surface area is 194 Å². The Bertz CT molecular complexity index is 1210. The van der Waals surface area contributed by atoms with Crippen molar-refractivity contribution in [1.29, 1.82) is 0 Å². The van der Waals surface area contributed by atoms with Crippen LogP contribution in [0.3, 0.4) is 0 Å². The summed E-state index contributed by atoms with van der Waals surface area (Å²) in [6.45, 7) is 1.29. The van der Waals surface area contributed by atoms with Gasteiger partial charge in [0.2, 0.25) is 17.8 Å². The van der Waals surface area contributed by atoms with Crippen LogP contribution >= 0.6 is 0 Å². The average molecular weight is 503 g/mol. The van der Waals surface area contributed by atoms with E-state index in [0.29, 0.717) is 38.1 Å². The minimum absolute atomic E-state index is 0.0268. The van der Waals surface area contributed by atoms with Crippen LogP contribution < -0.4 is 15.0 Å². The van der Waals surface area contributed by atoms with Gasteiger partial charge in [0, 0.05) is 31.5 Å². The summed E-state index contributed by atoms with van der Waals surface area (Å²) in [6, 6.07) is 1.60. The highest BCUT2D eigenvalue weighted by molar-refractivity contribution is 5.49. The normalized spacial score (nSPS) is 19.6.